The molecule has 1 fully saturated rings. The van der Waals surface area contributed by atoms with Crippen molar-refractivity contribution in [2.24, 2.45) is 0 Å². The van der Waals surface area contributed by atoms with E-state index in [1.54, 1.807) is 0 Å². The predicted molar refractivity (Wildman–Crippen MR) is 79.6 cm³/mol. The molecule has 0 aliphatic carbocycles. The van der Waals surface area contributed by atoms with E-state index in [4.69, 9.17) is 17.4 Å². The molecule has 0 bridgehead atoms. The van der Waals surface area contributed by atoms with Gasteiger partial charge in [0.05, 0.1) is 12.1 Å². The van der Waals surface area contributed by atoms with Gasteiger partial charge in [0.1, 0.15) is 11.0 Å². The monoisotopic (exact) mass is 304 g/mol. The van der Waals surface area contributed by atoms with Crippen molar-refractivity contribution in [2.45, 2.75) is 4.90 Å². The topological polar surface area (TPSA) is 90.4 Å². The van der Waals surface area contributed by atoms with Gasteiger partial charge in [-0.1, -0.05) is 5.92 Å². The largest absolute Gasteiger partial charge is 0.399 e. The van der Waals surface area contributed by atoms with Gasteiger partial charge in [-0.05, 0) is 18.2 Å². The molecule has 0 aromatic heterocycles. The van der Waals surface area contributed by atoms with Crippen LogP contribution in [0, 0.1) is 23.7 Å². The standard InChI is InChI=1S/C14H16N4O2S/c1-2-5-17-6-8-18(9-7-17)21(19,20)14-4-3-13(16)10-12(14)11-15/h1,3-4,10H,5-9,16H2. The van der Waals surface area contributed by atoms with Gasteiger partial charge in [-0.2, -0.15) is 9.57 Å². The Morgan fingerprint density at radius 1 is 1.29 bits per heavy atom. The Hall–Kier alpha value is -2.06. The lowest BCUT2D eigenvalue weighted by atomic mass is 10.2. The summed E-state index contributed by atoms with van der Waals surface area (Å²) in [6.45, 7) is 2.40. The number of rotatable bonds is 3. The number of nitrogens with zero attached hydrogens (tertiary/aromatic N) is 3. The zero-order valence-corrected chi connectivity index (χ0v) is 12.3. The Balaban J connectivity index is 2.25. The summed E-state index contributed by atoms with van der Waals surface area (Å²) in [5, 5.41) is 9.10. The second-order valence-electron chi connectivity index (χ2n) is 4.75. The van der Waals surface area contributed by atoms with Crippen LogP contribution in [0.5, 0.6) is 0 Å². The van der Waals surface area contributed by atoms with Crippen molar-refractivity contribution in [1.82, 2.24) is 9.21 Å². The molecule has 7 heteroatoms. The average molecular weight is 304 g/mol. The van der Waals surface area contributed by atoms with Crippen molar-refractivity contribution in [1.29, 1.82) is 5.26 Å². The summed E-state index contributed by atoms with van der Waals surface area (Å²) >= 11 is 0. The minimum absolute atomic E-state index is 0.00426. The van der Waals surface area contributed by atoms with E-state index in [1.165, 1.54) is 22.5 Å². The van der Waals surface area contributed by atoms with E-state index < -0.39 is 10.0 Å². The van der Waals surface area contributed by atoms with Crippen molar-refractivity contribution in [2.75, 3.05) is 38.5 Å². The third-order valence-corrected chi connectivity index (χ3v) is 5.34. The van der Waals surface area contributed by atoms with Crippen LogP contribution >= 0.6 is 0 Å². The number of anilines is 1. The number of nitrogens with two attached hydrogens (primary N) is 1. The van der Waals surface area contributed by atoms with Crippen LogP contribution in [0.4, 0.5) is 5.69 Å². The minimum Gasteiger partial charge on any atom is -0.399 e. The molecule has 1 aromatic rings. The molecule has 1 saturated heterocycles. The Morgan fingerprint density at radius 2 is 1.95 bits per heavy atom. The Morgan fingerprint density at radius 3 is 2.52 bits per heavy atom. The van der Waals surface area contributed by atoms with Crippen molar-refractivity contribution < 1.29 is 8.42 Å². The fourth-order valence-corrected chi connectivity index (χ4v) is 3.80. The Kier molecular flexibility index (Phi) is 4.49. The first kappa shape index (κ1) is 15.3. The third-order valence-electron chi connectivity index (χ3n) is 3.39. The summed E-state index contributed by atoms with van der Waals surface area (Å²) in [6.07, 6.45) is 5.25. The molecule has 110 valence electrons. The van der Waals surface area contributed by atoms with Crippen LogP contribution < -0.4 is 5.73 Å². The van der Waals surface area contributed by atoms with Gasteiger partial charge in [-0.3, -0.25) is 4.90 Å². The maximum absolute atomic E-state index is 12.6. The van der Waals surface area contributed by atoms with Crippen molar-refractivity contribution in [3.63, 3.8) is 0 Å². The molecule has 2 N–H and O–H groups in total. The second kappa shape index (κ2) is 6.15. The first-order valence-electron chi connectivity index (χ1n) is 6.44. The number of piperazine rings is 1. The SMILES string of the molecule is C#CCN1CCN(S(=O)(=O)c2ccc(N)cc2C#N)CC1. The highest BCUT2D eigenvalue weighted by atomic mass is 32.2. The number of sulfonamides is 1. The molecule has 21 heavy (non-hydrogen) atoms. The number of nitriles is 1. The molecule has 2 rings (SSSR count). The van der Waals surface area contributed by atoms with Crippen molar-refractivity contribution in [3.05, 3.63) is 23.8 Å². The van der Waals surface area contributed by atoms with Crippen LogP contribution in [0.3, 0.4) is 0 Å². The van der Waals surface area contributed by atoms with Gasteiger partial charge in [0.2, 0.25) is 10.0 Å². The molecule has 0 radical (unpaired) electrons. The number of nitrogen functional groups attached to an aromatic ring is 1. The fourth-order valence-electron chi connectivity index (χ4n) is 2.26. The molecule has 1 aliphatic heterocycles. The molecular formula is C14H16N4O2S. The number of terminal acetylenes is 1. The van der Waals surface area contributed by atoms with Gasteiger partial charge in [-0.15, -0.1) is 6.42 Å². The molecular weight excluding hydrogens is 288 g/mol. The van der Waals surface area contributed by atoms with Crippen LogP contribution in [0.2, 0.25) is 0 Å². The molecule has 0 atom stereocenters. The van der Waals surface area contributed by atoms with Gasteiger partial charge in [-0.25, -0.2) is 8.42 Å². The lowest BCUT2D eigenvalue weighted by molar-refractivity contribution is 0.207. The summed E-state index contributed by atoms with van der Waals surface area (Å²) in [6, 6.07) is 6.14. The van der Waals surface area contributed by atoms with Gasteiger partial charge in [0.15, 0.2) is 0 Å². The van der Waals surface area contributed by atoms with Crippen LogP contribution in [-0.4, -0.2) is 50.3 Å². The quantitative estimate of drug-likeness (QED) is 0.631. The van der Waals surface area contributed by atoms with E-state index in [-0.39, 0.29) is 10.5 Å². The zero-order valence-electron chi connectivity index (χ0n) is 11.5. The number of hydrogen-bond donors (Lipinski definition) is 1. The smallest absolute Gasteiger partial charge is 0.244 e. The normalized spacial score (nSPS) is 17.0. The van der Waals surface area contributed by atoms with Crippen LogP contribution in [-0.2, 0) is 10.0 Å². The third kappa shape index (κ3) is 3.17. The Bertz CT molecular complexity index is 707. The number of benzene rings is 1. The van der Waals surface area contributed by atoms with Gasteiger partial charge >= 0.3 is 0 Å². The summed E-state index contributed by atoms with van der Waals surface area (Å²) in [7, 11) is -3.68. The van der Waals surface area contributed by atoms with Crippen LogP contribution in [0.1, 0.15) is 5.56 Å². The highest BCUT2D eigenvalue weighted by Gasteiger charge is 2.30. The summed E-state index contributed by atoms with van der Waals surface area (Å²) in [5.74, 6) is 2.55. The molecule has 1 aromatic carbocycles. The molecule has 0 amide bonds. The Labute approximate surface area is 124 Å². The van der Waals surface area contributed by atoms with Crippen molar-refractivity contribution >= 4 is 15.7 Å². The van der Waals surface area contributed by atoms with Gasteiger partial charge in [0.25, 0.3) is 0 Å². The first-order chi connectivity index (χ1) is 9.98. The van der Waals surface area contributed by atoms with Crippen LogP contribution in [0.25, 0.3) is 0 Å². The van der Waals surface area contributed by atoms with Gasteiger partial charge in [0, 0.05) is 31.9 Å². The average Bonchev–Trinajstić information content (AvgIpc) is 2.47. The molecule has 1 heterocycles. The summed E-state index contributed by atoms with van der Waals surface area (Å²) < 4.78 is 26.6. The van der Waals surface area contributed by atoms with E-state index in [9.17, 15) is 8.42 Å². The highest BCUT2D eigenvalue weighted by molar-refractivity contribution is 7.89. The fraction of sp³-hybridized carbons (Fsp3) is 0.357. The maximum Gasteiger partial charge on any atom is 0.244 e. The lowest BCUT2D eigenvalue weighted by Crippen LogP contribution is -2.48. The van der Waals surface area contributed by atoms with Crippen LogP contribution in [0.15, 0.2) is 23.1 Å². The maximum atomic E-state index is 12.6. The molecule has 0 saturated carbocycles. The molecule has 6 nitrogen and oxygen atoms in total. The van der Waals surface area contributed by atoms with E-state index in [0.29, 0.717) is 38.4 Å². The lowest BCUT2D eigenvalue weighted by Gasteiger charge is -2.33. The van der Waals surface area contributed by atoms with E-state index in [2.05, 4.69) is 5.92 Å². The second-order valence-corrected chi connectivity index (χ2v) is 6.66. The summed E-state index contributed by atoms with van der Waals surface area (Å²) in [4.78, 5) is 2.02. The summed E-state index contributed by atoms with van der Waals surface area (Å²) in [5.41, 5.74) is 6.03. The van der Waals surface area contributed by atoms with Crippen molar-refractivity contribution in [3.8, 4) is 18.4 Å². The van der Waals surface area contributed by atoms with E-state index in [1.807, 2.05) is 11.0 Å². The molecule has 0 spiro atoms. The van der Waals surface area contributed by atoms with E-state index in [0.717, 1.165) is 0 Å². The van der Waals surface area contributed by atoms with E-state index >= 15 is 0 Å². The zero-order chi connectivity index (χ0) is 15.5. The van der Waals surface area contributed by atoms with Gasteiger partial charge < -0.3 is 5.73 Å². The highest BCUT2D eigenvalue weighted by Crippen LogP contribution is 2.23. The number of hydrogen-bond acceptors (Lipinski definition) is 5. The first-order valence-corrected chi connectivity index (χ1v) is 7.88. The predicted octanol–water partition coefficient (Wildman–Crippen LogP) is 0.0800. The minimum atomic E-state index is -3.68. The molecule has 1 aliphatic rings. The molecule has 0 unspecified atom stereocenters.